The topological polar surface area (TPSA) is 28.7 Å². The highest BCUT2D eigenvalue weighted by Crippen LogP contribution is 2.29. The van der Waals surface area contributed by atoms with Gasteiger partial charge < -0.3 is 4.98 Å². The molecule has 18 heavy (non-hydrogen) atoms. The summed E-state index contributed by atoms with van der Waals surface area (Å²) in [5.41, 5.74) is 1.38. The fourth-order valence-corrected chi connectivity index (χ4v) is 2.26. The maximum absolute atomic E-state index is 13.8. The third-order valence-corrected chi connectivity index (χ3v) is 3.01. The normalized spacial score (nSPS) is 10.9. The van der Waals surface area contributed by atoms with Gasteiger partial charge in [-0.05, 0) is 18.1 Å². The predicted molar refractivity (Wildman–Crippen MR) is 68.9 cm³/mol. The van der Waals surface area contributed by atoms with E-state index in [0.29, 0.717) is 10.3 Å². The van der Waals surface area contributed by atoms with Crippen LogP contribution in [0.15, 0.2) is 24.5 Å². The third-order valence-electron chi connectivity index (χ3n) is 2.69. The Labute approximate surface area is 109 Å². The largest absolute Gasteiger partial charge is 0.345 e. The maximum atomic E-state index is 13.8. The van der Waals surface area contributed by atoms with Crippen molar-refractivity contribution in [2.45, 2.75) is 19.8 Å². The van der Waals surface area contributed by atoms with E-state index in [2.05, 4.69) is 9.97 Å². The number of nitrogens with one attached hydrogen (secondary N) is 1. The first-order valence-electron chi connectivity index (χ1n) is 5.54. The Morgan fingerprint density at radius 1 is 1.28 bits per heavy atom. The molecule has 0 saturated heterocycles. The Kier molecular flexibility index (Phi) is 3.52. The van der Waals surface area contributed by atoms with Crippen LogP contribution in [0.3, 0.4) is 0 Å². The second-order valence-corrected chi connectivity index (χ2v) is 4.64. The van der Waals surface area contributed by atoms with Crippen molar-refractivity contribution in [3.8, 4) is 11.3 Å². The molecule has 0 spiro atoms. The van der Waals surface area contributed by atoms with Crippen LogP contribution in [-0.2, 0) is 0 Å². The van der Waals surface area contributed by atoms with Crippen LogP contribution in [0.2, 0.25) is 0 Å². The number of benzene rings is 1. The summed E-state index contributed by atoms with van der Waals surface area (Å²) in [4.78, 5) is 6.84. The van der Waals surface area contributed by atoms with Crippen LogP contribution in [0.5, 0.6) is 0 Å². The lowest BCUT2D eigenvalue weighted by atomic mass is 9.98. The van der Waals surface area contributed by atoms with Crippen LogP contribution >= 0.6 is 12.2 Å². The van der Waals surface area contributed by atoms with Crippen molar-refractivity contribution in [1.82, 2.24) is 9.97 Å². The zero-order valence-corrected chi connectivity index (χ0v) is 10.8. The summed E-state index contributed by atoms with van der Waals surface area (Å²) in [7, 11) is 0. The minimum atomic E-state index is -0.878. The van der Waals surface area contributed by atoms with Crippen molar-refractivity contribution >= 4 is 12.2 Å². The smallest absolute Gasteiger partial charge is 0.168 e. The van der Waals surface area contributed by atoms with Gasteiger partial charge in [0.2, 0.25) is 0 Å². The molecule has 5 heteroatoms. The Bertz CT molecular complexity index is 635. The van der Waals surface area contributed by atoms with Gasteiger partial charge >= 0.3 is 0 Å². The summed E-state index contributed by atoms with van der Waals surface area (Å²) in [6.45, 7) is 3.86. The lowest BCUT2D eigenvalue weighted by Gasteiger charge is -2.13. The fraction of sp³-hybridized carbons (Fsp3) is 0.231. The number of hydrogen-bond acceptors (Lipinski definition) is 2. The number of hydrogen-bond donors (Lipinski definition) is 1. The van der Waals surface area contributed by atoms with Gasteiger partial charge in [-0.25, -0.2) is 13.8 Å². The van der Waals surface area contributed by atoms with E-state index in [1.807, 2.05) is 13.8 Å². The van der Waals surface area contributed by atoms with Crippen molar-refractivity contribution < 1.29 is 8.78 Å². The molecule has 1 aromatic carbocycles. The predicted octanol–water partition coefficient (Wildman–Crippen LogP) is 4.21. The molecular formula is C13H12F2N2S. The first kappa shape index (κ1) is 12.8. The Hall–Kier alpha value is -1.62. The van der Waals surface area contributed by atoms with E-state index in [1.165, 1.54) is 18.5 Å². The van der Waals surface area contributed by atoms with Gasteiger partial charge in [-0.1, -0.05) is 32.1 Å². The third kappa shape index (κ3) is 2.18. The first-order valence-corrected chi connectivity index (χ1v) is 5.95. The van der Waals surface area contributed by atoms with Gasteiger partial charge in [-0.2, -0.15) is 0 Å². The molecule has 0 saturated carbocycles. The SMILES string of the molecule is CC(C)c1c(-c2cccc(F)c2F)[nH]cnc1=S. The van der Waals surface area contributed by atoms with Gasteiger partial charge in [0.25, 0.3) is 0 Å². The maximum Gasteiger partial charge on any atom is 0.168 e. The molecule has 1 N–H and O–H groups in total. The summed E-state index contributed by atoms with van der Waals surface area (Å²) in [6, 6.07) is 4.07. The molecule has 0 unspecified atom stereocenters. The van der Waals surface area contributed by atoms with Crippen LogP contribution in [0, 0.1) is 16.3 Å². The van der Waals surface area contributed by atoms with Crippen LogP contribution < -0.4 is 0 Å². The lowest BCUT2D eigenvalue weighted by Crippen LogP contribution is -2.01. The standard InChI is InChI=1S/C13H12F2N2S/c1-7(2)10-12(16-6-17-13(10)18)8-4-3-5-9(14)11(8)15/h3-7H,1-2H3,(H,16,17,18). The monoisotopic (exact) mass is 266 g/mol. The molecule has 0 bridgehead atoms. The molecule has 2 nitrogen and oxygen atoms in total. The van der Waals surface area contributed by atoms with Gasteiger partial charge in [0, 0.05) is 11.1 Å². The van der Waals surface area contributed by atoms with Gasteiger partial charge in [0.05, 0.1) is 12.0 Å². The van der Waals surface area contributed by atoms with Crippen molar-refractivity contribution in [3.63, 3.8) is 0 Å². The van der Waals surface area contributed by atoms with E-state index in [1.54, 1.807) is 0 Å². The molecule has 0 radical (unpaired) electrons. The molecule has 2 aromatic rings. The highest BCUT2D eigenvalue weighted by molar-refractivity contribution is 7.71. The summed E-state index contributed by atoms with van der Waals surface area (Å²) >= 11 is 5.14. The van der Waals surface area contributed by atoms with E-state index in [9.17, 15) is 8.78 Å². The van der Waals surface area contributed by atoms with Crippen molar-refractivity contribution in [1.29, 1.82) is 0 Å². The summed E-state index contributed by atoms with van der Waals surface area (Å²) in [5.74, 6) is -1.69. The van der Waals surface area contributed by atoms with Crippen LogP contribution in [0.4, 0.5) is 8.78 Å². The Morgan fingerprint density at radius 2 is 2.00 bits per heavy atom. The van der Waals surface area contributed by atoms with Crippen molar-refractivity contribution in [2.24, 2.45) is 0 Å². The number of rotatable bonds is 2. The van der Waals surface area contributed by atoms with Crippen molar-refractivity contribution in [2.75, 3.05) is 0 Å². The minimum Gasteiger partial charge on any atom is -0.345 e. The van der Waals surface area contributed by atoms with E-state index < -0.39 is 11.6 Å². The molecule has 0 fully saturated rings. The molecule has 0 aliphatic heterocycles. The molecule has 1 heterocycles. The number of H-pyrrole nitrogens is 1. The van der Waals surface area contributed by atoms with Gasteiger partial charge in [0.15, 0.2) is 11.6 Å². The summed E-state index contributed by atoms with van der Waals surface area (Å²) in [6.07, 6.45) is 1.40. The van der Waals surface area contributed by atoms with E-state index in [0.717, 1.165) is 11.6 Å². The molecule has 0 amide bonds. The van der Waals surface area contributed by atoms with Crippen molar-refractivity contribution in [3.05, 3.63) is 46.4 Å². The fourth-order valence-electron chi connectivity index (χ4n) is 1.87. The van der Waals surface area contributed by atoms with E-state index >= 15 is 0 Å². The van der Waals surface area contributed by atoms with Gasteiger partial charge in [-0.15, -0.1) is 0 Å². The van der Waals surface area contributed by atoms with E-state index in [-0.39, 0.29) is 11.5 Å². The second kappa shape index (κ2) is 4.94. The lowest BCUT2D eigenvalue weighted by molar-refractivity contribution is 0.510. The first-order chi connectivity index (χ1) is 8.52. The van der Waals surface area contributed by atoms with Crippen LogP contribution in [0.1, 0.15) is 25.3 Å². The number of aromatic nitrogens is 2. The van der Waals surface area contributed by atoms with Gasteiger partial charge in [0.1, 0.15) is 4.64 Å². The zero-order chi connectivity index (χ0) is 13.3. The molecule has 94 valence electrons. The highest BCUT2D eigenvalue weighted by Gasteiger charge is 2.16. The van der Waals surface area contributed by atoms with Gasteiger partial charge in [-0.3, -0.25) is 0 Å². The molecular weight excluding hydrogens is 254 g/mol. The highest BCUT2D eigenvalue weighted by atomic mass is 32.1. The summed E-state index contributed by atoms with van der Waals surface area (Å²) < 4.78 is 27.5. The Balaban J connectivity index is 2.76. The minimum absolute atomic E-state index is 0.0696. The molecule has 0 atom stereocenters. The zero-order valence-electron chi connectivity index (χ0n) is 10.00. The summed E-state index contributed by atoms with van der Waals surface area (Å²) in [5, 5.41) is 0. The number of aromatic amines is 1. The Morgan fingerprint density at radius 3 is 2.67 bits per heavy atom. The molecule has 1 aromatic heterocycles. The number of halogens is 2. The van der Waals surface area contributed by atoms with Crippen LogP contribution in [0.25, 0.3) is 11.3 Å². The quantitative estimate of drug-likeness (QED) is 0.825. The molecule has 0 aliphatic rings. The molecule has 0 aliphatic carbocycles. The second-order valence-electron chi connectivity index (χ2n) is 4.25. The van der Waals surface area contributed by atoms with Crippen LogP contribution in [-0.4, -0.2) is 9.97 Å². The average molecular weight is 266 g/mol. The number of nitrogens with zero attached hydrogens (tertiary/aromatic N) is 1. The average Bonchev–Trinajstić information content (AvgIpc) is 2.32. The van der Waals surface area contributed by atoms with E-state index in [4.69, 9.17) is 12.2 Å². The molecule has 2 rings (SSSR count).